The van der Waals surface area contributed by atoms with Crippen LogP contribution in [0.15, 0.2) is 24.3 Å². The summed E-state index contributed by atoms with van der Waals surface area (Å²) in [5, 5.41) is 0. The molecule has 132 valence electrons. The topological polar surface area (TPSA) is 46.6 Å². The highest BCUT2D eigenvalue weighted by Gasteiger charge is 2.26. The summed E-state index contributed by atoms with van der Waals surface area (Å²) in [6.07, 6.45) is 5.70. The first-order valence-electron chi connectivity index (χ1n) is 9.10. The second-order valence-electron chi connectivity index (χ2n) is 6.64. The summed E-state index contributed by atoms with van der Waals surface area (Å²) < 4.78 is 5.01. The van der Waals surface area contributed by atoms with Crippen molar-refractivity contribution < 1.29 is 14.3 Å². The lowest BCUT2D eigenvalue weighted by Crippen LogP contribution is -2.38. The summed E-state index contributed by atoms with van der Waals surface area (Å²) >= 11 is 0. The Labute approximate surface area is 145 Å². The van der Waals surface area contributed by atoms with Crippen LogP contribution in [0, 0.1) is 12.8 Å². The number of carbonyl (C=O) groups is 2. The van der Waals surface area contributed by atoms with E-state index in [1.165, 1.54) is 12.0 Å². The quantitative estimate of drug-likeness (QED) is 0.713. The normalized spacial score (nSPS) is 15.1. The van der Waals surface area contributed by atoms with Crippen LogP contribution in [0.4, 0.5) is 0 Å². The van der Waals surface area contributed by atoms with Gasteiger partial charge in [-0.25, -0.2) is 0 Å². The first-order chi connectivity index (χ1) is 11.6. The monoisotopic (exact) mass is 331 g/mol. The highest BCUT2D eigenvalue weighted by atomic mass is 16.5. The molecule has 2 rings (SSSR count). The minimum Gasteiger partial charge on any atom is -0.466 e. The van der Waals surface area contributed by atoms with Crippen LogP contribution in [-0.2, 0) is 20.9 Å². The number of hydrogen-bond acceptors (Lipinski definition) is 3. The van der Waals surface area contributed by atoms with E-state index >= 15 is 0 Å². The summed E-state index contributed by atoms with van der Waals surface area (Å²) in [6, 6.07) is 8.23. The number of carbonyl (C=O) groups excluding carboxylic acids is 2. The largest absolute Gasteiger partial charge is 0.466 e. The molecule has 1 aliphatic carbocycles. The summed E-state index contributed by atoms with van der Waals surface area (Å²) in [7, 11) is 0. The van der Waals surface area contributed by atoms with E-state index in [-0.39, 0.29) is 24.2 Å². The first-order valence-corrected chi connectivity index (χ1v) is 9.10. The van der Waals surface area contributed by atoms with Crippen LogP contribution in [0.2, 0.25) is 0 Å². The van der Waals surface area contributed by atoms with Crippen molar-refractivity contribution >= 4 is 11.9 Å². The van der Waals surface area contributed by atoms with Gasteiger partial charge < -0.3 is 9.64 Å². The van der Waals surface area contributed by atoms with Gasteiger partial charge in [0.25, 0.3) is 0 Å². The van der Waals surface area contributed by atoms with E-state index in [0.717, 1.165) is 31.2 Å². The van der Waals surface area contributed by atoms with Crippen LogP contribution in [0.3, 0.4) is 0 Å². The Hall–Kier alpha value is -1.84. The van der Waals surface area contributed by atoms with Crippen molar-refractivity contribution in [1.82, 2.24) is 4.90 Å². The predicted molar refractivity (Wildman–Crippen MR) is 94.4 cm³/mol. The Balaban J connectivity index is 2.02. The SMILES string of the molecule is CCOC(=O)CCN(Cc1ccc(C)cc1)C(=O)C1CCCCC1. The summed E-state index contributed by atoms with van der Waals surface area (Å²) in [5.74, 6) is 0.0776. The van der Waals surface area contributed by atoms with E-state index in [4.69, 9.17) is 4.74 Å². The number of hydrogen-bond donors (Lipinski definition) is 0. The van der Waals surface area contributed by atoms with Gasteiger partial charge in [0.1, 0.15) is 0 Å². The number of esters is 1. The molecule has 0 bridgehead atoms. The Bertz CT molecular complexity index is 532. The molecule has 0 atom stereocenters. The number of amides is 1. The van der Waals surface area contributed by atoms with Gasteiger partial charge >= 0.3 is 5.97 Å². The fourth-order valence-electron chi connectivity index (χ4n) is 3.25. The second kappa shape index (κ2) is 9.45. The van der Waals surface area contributed by atoms with Crippen molar-refractivity contribution in [2.24, 2.45) is 5.92 Å². The number of ether oxygens (including phenoxy) is 1. The van der Waals surface area contributed by atoms with Crippen LogP contribution < -0.4 is 0 Å². The molecule has 4 nitrogen and oxygen atoms in total. The lowest BCUT2D eigenvalue weighted by Gasteiger charge is -2.29. The van der Waals surface area contributed by atoms with Crippen molar-refractivity contribution in [3.63, 3.8) is 0 Å². The molecule has 1 aromatic carbocycles. The van der Waals surface area contributed by atoms with E-state index in [1.54, 1.807) is 6.92 Å². The third-order valence-corrected chi connectivity index (χ3v) is 4.65. The maximum atomic E-state index is 12.9. The van der Waals surface area contributed by atoms with Gasteiger partial charge in [-0.05, 0) is 32.3 Å². The molecule has 1 amide bonds. The number of nitrogens with zero attached hydrogens (tertiary/aromatic N) is 1. The fourth-order valence-corrected chi connectivity index (χ4v) is 3.25. The van der Waals surface area contributed by atoms with Crippen molar-refractivity contribution in [2.75, 3.05) is 13.2 Å². The maximum absolute atomic E-state index is 12.9. The zero-order valence-corrected chi connectivity index (χ0v) is 14.9. The standard InChI is InChI=1S/C20H29NO3/c1-3-24-19(22)13-14-21(15-17-11-9-16(2)10-12-17)20(23)18-7-5-4-6-8-18/h9-12,18H,3-8,13-15H2,1-2H3. The third kappa shape index (κ3) is 5.66. The third-order valence-electron chi connectivity index (χ3n) is 4.65. The van der Waals surface area contributed by atoms with Crippen LogP contribution in [0.5, 0.6) is 0 Å². The molecule has 0 aliphatic heterocycles. The van der Waals surface area contributed by atoms with E-state index in [0.29, 0.717) is 19.7 Å². The molecule has 0 N–H and O–H groups in total. The van der Waals surface area contributed by atoms with Gasteiger partial charge in [-0.1, -0.05) is 49.1 Å². The molecule has 0 saturated heterocycles. The smallest absolute Gasteiger partial charge is 0.307 e. The second-order valence-corrected chi connectivity index (χ2v) is 6.64. The molecule has 0 aromatic heterocycles. The highest BCUT2D eigenvalue weighted by Crippen LogP contribution is 2.26. The van der Waals surface area contributed by atoms with Crippen molar-refractivity contribution in [3.05, 3.63) is 35.4 Å². The van der Waals surface area contributed by atoms with Crippen molar-refractivity contribution in [2.45, 2.75) is 58.9 Å². The van der Waals surface area contributed by atoms with E-state index < -0.39 is 0 Å². The van der Waals surface area contributed by atoms with Crippen LogP contribution in [0.1, 0.15) is 56.6 Å². The molecule has 4 heteroatoms. The Kier molecular flexibility index (Phi) is 7.29. The van der Waals surface area contributed by atoms with Gasteiger partial charge in [-0.15, -0.1) is 0 Å². The van der Waals surface area contributed by atoms with Crippen molar-refractivity contribution in [3.8, 4) is 0 Å². The molecule has 1 aliphatic rings. The molecule has 1 aromatic rings. The minimum atomic E-state index is -0.233. The number of benzene rings is 1. The summed E-state index contributed by atoms with van der Waals surface area (Å²) in [6.45, 7) is 5.23. The molecule has 1 fully saturated rings. The first kappa shape index (κ1) is 18.5. The van der Waals surface area contributed by atoms with Crippen LogP contribution in [-0.4, -0.2) is 29.9 Å². The van der Waals surface area contributed by atoms with Gasteiger partial charge in [0.05, 0.1) is 13.0 Å². The highest BCUT2D eigenvalue weighted by molar-refractivity contribution is 5.79. The Morgan fingerprint density at radius 1 is 1.12 bits per heavy atom. The molecule has 24 heavy (non-hydrogen) atoms. The van der Waals surface area contributed by atoms with Gasteiger partial charge in [0.2, 0.25) is 5.91 Å². The van der Waals surface area contributed by atoms with E-state index in [9.17, 15) is 9.59 Å². The zero-order chi connectivity index (χ0) is 17.4. The Morgan fingerprint density at radius 2 is 1.79 bits per heavy atom. The van der Waals surface area contributed by atoms with Crippen molar-refractivity contribution in [1.29, 1.82) is 0 Å². The average Bonchev–Trinajstić information content (AvgIpc) is 2.60. The minimum absolute atomic E-state index is 0.117. The summed E-state index contributed by atoms with van der Waals surface area (Å²) in [5.41, 5.74) is 2.31. The van der Waals surface area contributed by atoms with Gasteiger partial charge in [-0.2, -0.15) is 0 Å². The fraction of sp³-hybridized carbons (Fsp3) is 0.600. The maximum Gasteiger partial charge on any atom is 0.307 e. The number of aryl methyl sites for hydroxylation is 1. The Morgan fingerprint density at radius 3 is 2.42 bits per heavy atom. The molecule has 0 radical (unpaired) electrons. The molecule has 0 spiro atoms. The molecular formula is C20H29NO3. The average molecular weight is 331 g/mol. The summed E-state index contributed by atoms with van der Waals surface area (Å²) in [4.78, 5) is 26.4. The molecular weight excluding hydrogens is 302 g/mol. The number of rotatable bonds is 7. The van der Waals surface area contributed by atoms with Gasteiger partial charge in [0.15, 0.2) is 0 Å². The molecule has 1 saturated carbocycles. The van der Waals surface area contributed by atoms with Gasteiger partial charge in [-0.3, -0.25) is 9.59 Å². The zero-order valence-electron chi connectivity index (χ0n) is 14.9. The predicted octanol–water partition coefficient (Wildman–Crippen LogP) is 3.86. The molecule has 0 heterocycles. The van der Waals surface area contributed by atoms with E-state index in [1.807, 2.05) is 4.90 Å². The van der Waals surface area contributed by atoms with E-state index in [2.05, 4.69) is 31.2 Å². The van der Waals surface area contributed by atoms with Crippen LogP contribution in [0.25, 0.3) is 0 Å². The lowest BCUT2D eigenvalue weighted by molar-refractivity contribution is -0.145. The molecule has 0 unspecified atom stereocenters. The van der Waals surface area contributed by atoms with Crippen LogP contribution >= 0.6 is 0 Å². The lowest BCUT2D eigenvalue weighted by atomic mass is 9.88. The van der Waals surface area contributed by atoms with Gasteiger partial charge in [0, 0.05) is 19.0 Å².